The van der Waals surface area contributed by atoms with Crippen molar-refractivity contribution in [2.45, 2.75) is 19.9 Å². The number of anilines is 1. The van der Waals surface area contributed by atoms with E-state index in [1.165, 1.54) is 0 Å². The van der Waals surface area contributed by atoms with Gasteiger partial charge in [-0.2, -0.15) is 0 Å². The van der Waals surface area contributed by atoms with Gasteiger partial charge in [-0.05, 0) is 25.5 Å². The maximum absolute atomic E-state index is 11.6. The van der Waals surface area contributed by atoms with Gasteiger partial charge in [0.05, 0.1) is 25.6 Å². The maximum atomic E-state index is 11.6. The third kappa shape index (κ3) is 4.97. The van der Waals surface area contributed by atoms with Crippen LogP contribution in [0.4, 0.5) is 5.69 Å². The average Bonchev–Trinajstić information content (AvgIpc) is 3.18. The smallest absolute Gasteiger partial charge is 0.360 e. The van der Waals surface area contributed by atoms with Crippen LogP contribution in [0.5, 0.6) is 5.75 Å². The molecule has 146 valence electrons. The number of carbonyl (C=O) groups is 1. The number of hydrogen-bond acceptors (Lipinski definition) is 7. The van der Waals surface area contributed by atoms with E-state index in [4.69, 9.17) is 9.47 Å². The molecule has 0 aliphatic carbocycles. The third-order valence-corrected chi connectivity index (χ3v) is 4.68. The molecule has 1 fully saturated rings. The Kier molecular flexibility index (Phi) is 6.64. The largest absolute Gasteiger partial charge is 0.495 e. The van der Waals surface area contributed by atoms with E-state index < -0.39 is 5.97 Å². The molecule has 8 heteroatoms. The molecule has 1 aromatic carbocycles. The first-order chi connectivity index (χ1) is 13.2. The van der Waals surface area contributed by atoms with E-state index in [-0.39, 0.29) is 5.69 Å². The van der Waals surface area contributed by atoms with Crippen molar-refractivity contribution in [2.75, 3.05) is 51.3 Å². The summed E-state index contributed by atoms with van der Waals surface area (Å²) in [5, 5.41) is 7.86. The average molecular weight is 373 g/mol. The van der Waals surface area contributed by atoms with Crippen LogP contribution in [0.3, 0.4) is 0 Å². The topological polar surface area (TPSA) is 72.7 Å². The molecule has 27 heavy (non-hydrogen) atoms. The van der Waals surface area contributed by atoms with Gasteiger partial charge in [0.25, 0.3) is 0 Å². The Bertz CT molecular complexity index is 740. The normalized spacial score (nSPS) is 15.0. The number of nitrogens with zero attached hydrogens (tertiary/aromatic N) is 5. The summed E-state index contributed by atoms with van der Waals surface area (Å²) in [6.07, 6.45) is 2.61. The van der Waals surface area contributed by atoms with Crippen molar-refractivity contribution < 1.29 is 14.3 Å². The van der Waals surface area contributed by atoms with Crippen LogP contribution < -0.4 is 9.64 Å². The fourth-order valence-electron chi connectivity index (χ4n) is 3.27. The van der Waals surface area contributed by atoms with Crippen LogP contribution in [0.2, 0.25) is 0 Å². The highest BCUT2D eigenvalue weighted by molar-refractivity contribution is 5.86. The van der Waals surface area contributed by atoms with Gasteiger partial charge in [-0.1, -0.05) is 17.3 Å². The van der Waals surface area contributed by atoms with Crippen LogP contribution >= 0.6 is 0 Å². The zero-order valence-electron chi connectivity index (χ0n) is 16.0. The zero-order chi connectivity index (χ0) is 19.1. The van der Waals surface area contributed by atoms with Gasteiger partial charge in [-0.25, -0.2) is 4.79 Å². The molecule has 0 N–H and O–H groups in total. The van der Waals surface area contributed by atoms with E-state index in [0.29, 0.717) is 6.61 Å². The van der Waals surface area contributed by atoms with E-state index in [0.717, 1.165) is 57.1 Å². The van der Waals surface area contributed by atoms with Crippen LogP contribution in [-0.2, 0) is 11.3 Å². The van der Waals surface area contributed by atoms with Gasteiger partial charge in [-0.15, -0.1) is 5.10 Å². The van der Waals surface area contributed by atoms with E-state index in [9.17, 15) is 4.79 Å². The van der Waals surface area contributed by atoms with Crippen molar-refractivity contribution in [3.8, 4) is 5.75 Å². The van der Waals surface area contributed by atoms with E-state index in [1.54, 1.807) is 24.9 Å². The molecule has 1 aromatic heterocycles. The molecule has 1 aliphatic heterocycles. The Morgan fingerprint density at radius 3 is 2.67 bits per heavy atom. The Hall–Kier alpha value is -2.61. The van der Waals surface area contributed by atoms with Crippen LogP contribution in [0.15, 0.2) is 30.5 Å². The molecule has 0 spiro atoms. The Balaban J connectivity index is 1.42. The second kappa shape index (κ2) is 9.36. The van der Waals surface area contributed by atoms with Crippen molar-refractivity contribution in [1.82, 2.24) is 19.9 Å². The SMILES string of the molecule is CCOC(=O)c1cn(CCCN2CCN(c3ccccc3OC)CC2)nn1. The lowest BCUT2D eigenvalue weighted by Crippen LogP contribution is -2.46. The number of rotatable bonds is 8. The van der Waals surface area contributed by atoms with Crippen molar-refractivity contribution in [3.05, 3.63) is 36.2 Å². The number of esters is 1. The summed E-state index contributed by atoms with van der Waals surface area (Å²) >= 11 is 0. The van der Waals surface area contributed by atoms with Crippen LogP contribution in [-0.4, -0.2) is 72.3 Å². The number of carbonyl (C=O) groups excluding carboxylic acids is 1. The quantitative estimate of drug-likeness (QED) is 0.652. The summed E-state index contributed by atoms with van der Waals surface area (Å²) < 4.78 is 12.1. The Morgan fingerprint density at radius 2 is 1.93 bits per heavy atom. The minimum Gasteiger partial charge on any atom is -0.495 e. The second-order valence-corrected chi connectivity index (χ2v) is 6.44. The number of aryl methyl sites for hydroxylation is 1. The lowest BCUT2D eigenvalue weighted by atomic mass is 10.2. The lowest BCUT2D eigenvalue weighted by molar-refractivity contribution is 0.0519. The standard InChI is InChI=1S/C19H27N5O3/c1-3-27-19(25)16-15-24(21-20-16)10-6-9-22-11-13-23(14-12-22)17-7-4-5-8-18(17)26-2/h4-5,7-8,15H,3,6,9-14H2,1-2H3. The summed E-state index contributed by atoms with van der Waals surface area (Å²) in [6, 6.07) is 8.16. The number of ether oxygens (including phenoxy) is 2. The number of piperazine rings is 1. The molecule has 1 saturated heterocycles. The number of para-hydroxylation sites is 2. The van der Waals surface area contributed by atoms with Gasteiger partial charge in [0, 0.05) is 39.3 Å². The highest BCUT2D eigenvalue weighted by atomic mass is 16.5. The molecule has 0 unspecified atom stereocenters. The molecule has 2 heterocycles. The molecule has 2 aromatic rings. The van der Waals surface area contributed by atoms with Crippen LogP contribution in [0.1, 0.15) is 23.8 Å². The summed E-state index contributed by atoms with van der Waals surface area (Å²) in [7, 11) is 1.71. The van der Waals surface area contributed by atoms with Crippen molar-refractivity contribution in [3.63, 3.8) is 0 Å². The first kappa shape index (κ1) is 19.2. The van der Waals surface area contributed by atoms with Gasteiger partial charge in [-0.3, -0.25) is 9.58 Å². The van der Waals surface area contributed by atoms with Gasteiger partial charge in [0.2, 0.25) is 0 Å². The first-order valence-corrected chi connectivity index (χ1v) is 9.39. The number of hydrogen-bond donors (Lipinski definition) is 0. The fourth-order valence-corrected chi connectivity index (χ4v) is 3.27. The van der Waals surface area contributed by atoms with Crippen LogP contribution in [0, 0.1) is 0 Å². The van der Waals surface area contributed by atoms with Crippen LogP contribution in [0.25, 0.3) is 0 Å². The molecule has 0 saturated carbocycles. The highest BCUT2D eigenvalue weighted by Gasteiger charge is 2.19. The van der Waals surface area contributed by atoms with Gasteiger partial charge in [0.15, 0.2) is 5.69 Å². The van der Waals surface area contributed by atoms with Gasteiger partial charge >= 0.3 is 5.97 Å². The third-order valence-electron chi connectivity index (χ3n) is 4.68. The first-order valence-electron chi connectivity index (χ1n) is 9.39. The molecular weight excluding hydrogens is 346 g/mol. The molecule has 0 atom stereocenters. The molecule has 0 radical (unpaired) electrons. The molecule has 3 rings (SSSR count). The van der Waals surface area contributed by atoms with E-state index >= 15 is 0 Å². The maximum Gasteiger partial charge on any atom is 0.360 e. The monoisotopic (exact) mass is 373 g/mol. The van der Waals surface area contributed by atoms with Crippen molar-refractivity contribution in [2.24, 2.45) is 0 Å². The minimum absolute atomic E-state index is 0.266. The molecule has 0 bridgehead atoms. The minimum atomic E-state index is -0.420. The molecular formula is C19H27N5O3. The number of benzene rings is 1. The number of aromatic nitrogens is 3. The lowest BCUT2D eigenvalue weighted by Gasteiger charge is -2.36. The van der Waals surface area contributed by atoms with Crippen molar-refractivity contribution in [1.29, 1.82) is 0 Å². The van der Waals surface area contributed by atoms with Gasteiger partial charge in [0.1, 0.15) is 5.75 Å². The molecule has 0 amide bonds. The fraction of sp³-hybridized carbons (Fsp3) is 0.526. The predicted octanol–water partition coefficient (Wildman–Crippen LogP) is 1.68. The Labute approximate surface area is 159 Å². The van der Waals surface area contributed by atoms with Gasteiger partial charge < -0.3 is 14.4 Å². The number of methoxy groups -OCH3 is 1. The molecule has 8 nitrogen and oxygen atoms in total. The van der Waals surface area contributed by atoms with E-state index in [1.807, 2.05) is 18.2 Å². The predicted molar refractivity (Wildman–Crippen MR) is 102 cm³/mol. The summed E-state index contributed by atoms with van der Waals surface area (Å²) in [4.78, 5) is 16.4. The Morgan fingerprint density at radius 1 is 1.15 bits per heavy atom. The van der Waals surface area contributed by atoms with E-state index in [2.05, 4.69) is 26.2 Å². The van der Waals surface area contributed by atoms with Crippen molar-refractivity contribution >= 4 is 11.7 Å². The molecule has 1 aliphatic rings. The second-order valence-electron chi connectivity index (χ2n) is 6.44. The summed E-state index contributed by atoms with van der Waals surface area (Å²) in [6.45, 7) is 7.84. The highest BCUT2D eigenvalue weighted by Crippen LogP contribution is 2.28. The zero-order valence-corrected chi connectivity index (χ0v) is 16.0. The summed E-state index contributed by atoms with van der Waals surface area (Å²) in [5.74, 6) is 0.505. The summed E-state index contributed by atoms with van der Waals surface area (Å²) in [5.41, 5.74) is 1.43.